The number of ether oxygens (including phenoxy) is 1. The predicted molar refractivity (Wildman–Crippen MR) is 80.8 cm³/mol. The predicted octanol–water partition coefficient (Wildman–Crippen LogP) is 3.75. The van der Waals surface area contributed by atoms with Crippen LogP contribution < -0.4 is 10.1 Å². The average Bonchev–Trinajstić information content (AvgIpc) is 2.99. The number of nitrogens with one attached hydrogen (secondary N) is 1. The zero-order valence-electron chi connectivity index (χ0n) is 12.9. The Morgan fingerprint density at radius 2 is 2.00 bits per heavy atom. The molecule has 2 unspecified atom stereocenters. The van der Waals surface area contributed by atoms with E-state index in [4.69, 9.17) is 4.74 Å². The van der Waals surface area contributed by atoms with Crippen molar-refractivity contribution in [3.05, 3.63) is 29.8 Å². The highest BCUT2D eigenvalue weighted by molar-refractivity contribution is 5.44. The minimum atomic E-state index is 0.197. The molecule has 0 amide bonds. The summed E-state index contributed by atoms with van der Waals surface area (Å²) in [7, 11) is 0. The lowest BCUT2D eigenvalue weighted by atomic mass is 9.94. The largest absolute Gasteiger partial charge is 0.494 e. The van der Waals surface area contributed by atoms with Gasteiger partial charge in [-0.1, -0.05) is 25.1 Å². The van der Waals surface area contributed by atoms with E-state index in [1.165, 1.54) is 12.0 Å². The van der Waals surface area contributed by atoms with Gasteiger partial charge in [0.15, 0.2) is 0 Å². The van der Waals surface area contributed by atoms with Gasteiger partial charge in [-0.25, -0.2) is 0 Å². The van der Waals surface area contributed by atoms with Gasteiger partial charge in [0, 0.05) is 16.5 Å². The molecule has 1 aliphatic carbocycles. The standard InChI is InChI=1S/C17H27NO/c1-6-19-15-10-8-7-9-14(15)17(5)11-13(17)12-18-16(2,3)4/h7-10,13,18H,6,11-12H2,1-5H3. The maximum atomic E-state index is 5.78. The maximum Gasteiger partial charge on any atom is 0.123 e. The van der Waals surface area contributed by atoms with Crippen LogP contribution in [0.3, 0.4) is 0 Å². The molecule has 19 heavy (non-hydrogen) atoms. The first-order valence-electron chi connectivity index (χ1n) is 7.34. The molecule has 1 saturated carbocycles. The van der Waals surface area contributed by atoms with Gasteiger partial charge in [0.25, 0.3) is 0 Å². The summed E-state index contributed by atoms with van der Waals surface area (Å²) in [6.07, 6.45) is 1.25. The van der Waals surface area contributed by atoms with Gasteiger partial charge < -0.3 is 10.1 Å². The fourth-order valence-corrected chi connectivity index (χ4v) is 2.73. The lowest BCUT2D eigenvalue weighted by Crippen LogP contribution is -2.37. The third-order valence-corrected chi connectivity index (χ3v) is 4.09. The summed E-state index contributed by atoms with van der Waals surface area (Å²) in [5.74, 6) is 1.78. The van der Waals surface area contributed by atoms with E-state index in [2.05, 4.69) is 57.3 Å². The summed E-state index contributed by atoms with van der Waals surface area (Å²) >= 11 is 0. The molecule has 2 nitrogen and oxygen atoms in total. The molecule has 0 saturated heterocycles. The van der Waals surface area contributed by atoms with Gasteiger partial charge in [0.05, 0.1) is 6.61 Å². The Bertz CT molecular complexity index is 435. The smallest absolute Gasteiger partial charge is 0.123 e. The monoisotopic (exact) mass is 261 g/mol. The fraction of sp³-hybridized carbons (Fsp3) is 0.647. The minimum absolute atomic E-state index is 0.197. The van der Waals surface area contributed by atoms with Gasteiger partial charge in [0.1, 0.15) is 5.75 Å². The zero-order chi connectivity index (χ0) is 14.1. The Kier molecular flexibility index (Phi) is 3.91. The van der Waals surface area contributed by atoms with Gasteiger partial charge in [-0.3, -0.25) is 0 Å². The van der Waals surface area contributed by atoms with Crippen LogP contribution in [0, 0.1) is 5.92 Å². The van der Waals surface area contributed by atoms with E-state index in [1.807, 2.05) is 6.92 Å². The molecule has 0 heterocycles. The van der Waals surface area contributed by atoms with Crippen molar-refractivity contribution in [3.63, 3.8) is 0 Å². The third-order valence-electron chi connectivity index (χ3n) is 4.09. The first-order chi connectivity index (χ1) is 8.87. The summed E-state index contributed by atoms with van der Waals surface area (Å²) < 4.78 is 5.78. The van der Waals surface area contributed by atoms with Crippen LogP contribution in [0.5, 0.6) is 5.75 Å². The quantitative estimate of drug-likeness (QED) is 0.871. The van der Waals surface area contributed by atoms with Crippen molar-refractivity contribution in [1.29, 1.82) is 0 Å². The molecule has 0 bridgehead atoms. The Morgan fingerprint density at radius 3 is 2.63 bits per heavy atom. The molecule has 1 aliphatic rings. The van der Waals surface area contributed by atoms with E-state index in [0.29, 0.717) is 5.92 Å². The van der Waals surface area contributed by atoms with Crippen LogP contribution in [0.1, 0.15) is 46.6 Å². The molecule has 1 aromatic rings. The van der Waals surface area contributed by atoms with E-state index < -0.39 is 0 Å². The first kappa shape index (κ1) is 14.4. The van der Waals surface area contributed by atoms with Crippen molar-refractivity contribution in [2.75, 3.05) is 13.2 Å². The van der Waals surface area contributed by atoms with Crippen molar-refractivity contribution in [1.82, 2.24) is 5.32 Å². The summed E-state index contributed by atoms with van der Waals surface area (Å²) in [6, 6.07) is 8.50. The number of para-hydroxylation sites is 1. The Hall–Kier alpha value is -1.02. The van der Waals surface area contributed by atoms with Gasteiger partial charge in [-0.2, -0.15) is 0 Å². The number of hydrogen-bond donors (Lipinski definition) is 1. The number of benzene rings is 1. The number of hydrogen-bond acceptors (Lipinski definition) is 2. The van der Waals surface area contributed by atoms with Gasteiger partial charge in [0.2, 0.25) is 0 Å². The van der Waals surface area contributed by atoms with Crippen LogP contribution in [-0.4, -0.2) is 18.7 Å². The molecule has 2 heteroatoms. The molecular weight excluding hydrogens is 234 g/mol. The second kappa shape index (κ2) is 5.16. The normalized spacial score (nSPS) is 26.3. The molecule has 1 aromatic carbocycles. The number of rotatable bonds is 5. The van der Waals surface area contributed by atoms with Crippen LogP contribution in [0.15, 0.2) is 24.3 Å². The maximum absolute atomic E-state index is 5.78. The molecule has 0 spiro atoms. The first-order valence-corrected chi connectivity index (χ1v) is 7.34. The van der Waals surface area contributed by atoms with Gasteiger partial charge in [-0.15, -0.1) is 0 Å². The molecule has 0 radical (unpaired) electrons. The highest BCUT2D eigenvalue weighted by Gasteiger charge is 2.52. The van der Waals surface area contributed by atoms with Crippen molar-refractivity contribution < 1.29 is 4.74 Å². The SMILES string of the molecule is CCOc1ccccc1C1(C)CC1CNC(C)(C)C. The van der Waals surface area contributed by atoms with Crippen LogP contribution >= 0.6 is 0 Å². The van der Waals surface area contributed by atoms with E-state index in [9.17, 15) is 0 Å². The Labute approximate surface area is 117 Å². The fourth-order valence-electron chi connectivity index (χ4n) is 2.73. The molecule has 2 rings (SSSR count). The molecule has 1 N–H and O–H groups in total. The summed E-state index contributed by atoms with van der Waals surface area (Å²) in [5, 5.41) is 3.62. The Morgan fingerprint density at radius 1 is 1.32 bits per heavy atom. The summed E-state index contributed by atoms with van der Waals surface area (Å²) in [6.45, 7) is 12.9. The third kappa shape index (κ3) is 3.30. The topological polar surface area (TPSA) is 21.3 Å². The van der Waals surface area contributed by atoms with Crippen molar-refractivity contribution >= 4 is 0 Å². The molecule has 2 atom stereocenters. The van der Waals surface area contributed by atoms with Crippen molar-refractivity contribution in [3.8, 4) is 5.75 Å². The highest BCUT2D eigenvalue weighted by atomic mass is 16.5. The summed E-state index contributed by atoms with van der Waals surface area (Å²) in [5.41, 5.74) is 1.85. The summed E-state index contributed by atoms with van der Waals surface area (Å²) in [4.78, 5) is 0. The van der Waals surface area contributed by atoms with E-state index in [1.54, 1.807) is 0 Å². The average molecular weight is 261 g/mol. The molecular formula is C17H27NO. The van der Waals surface area contributed by atoms with Crippen molar-refractivity contribution in [2.24, 2.45) is 5.92 Å². The molecule has 1 fully saturated rings. The molecule has 0 aromatic heterocycles. The lowest BCUT2D eigenvalue weighted by molar-refractivity contribution is 0.332. The van der Waals surface area contributed by atoms with Gasteiger partial charge >= 0.3 is 0 Å². The van der Waals surface area contributed by atoms with E-state index >= 15 is 0 Å². The van der Waals surface area contributed by atoms with Crippen LogP contribution in [-0.2, 0) is 5.41 Å². The lowest BCUT2D eigenvalue weighted by Gasteiger charge is -2.22. The minimum Gasteiger partial charge on any atom is -0.494 e. The van der Waals surface area contributed by atoms with Crippen LogP contribution in [0.2, 0.25) is 0 Å². The van der Waals surface area contributed by atoms with E-state index in [0.717, 1.165) is 18.9 Å². The molecule has 0 aliphatic heterocycles. The second-order valence-corrected chi connectivity index (χ2v) is 6.88. The Balaban J connectivity index is 2.07. The molecule has 106 valence electrons. The van der Waals surface area contributed by atoms with Crippen LogP contribution in [0.25, 0.3) is 0 Å². The van der Waals surface area contributed by atoms with Crippen LogP contribution in [0.4, 0.5) is 0 Å². The van der Waals surface area contributed by atoms with E-state index in [-0.39, 0.29) is 11.0 Å². The van der Waals surface area contributed by atoms with Gasteiger partial charge in [-0.05, 0) is 52.6 Å². The highest BCUT2D eigenvalue weighted by Crippen LogP contribution is 2.56. The van der Waals surface area contributed by atoms with Crippen molar-refractivity contribution in [2.45, 2.75) is 52.0 Å². The zero-order valence-corrected chi connectivity index (χ0v) is 12.9. The second-order valence-electron chi connectivity index (χ2n) is 6.88.